The van der Waals surface area contributed by atoms with Crippen molar-refractivity contribution in [3.8, 4) is 0 Å². The van der Waals surface area contributed by atoms with Gasteiger partial charge in [0.1, 0.15) is 18.1 Å². The Balaban J connectivity index is 5.53. The number of nitrogens with one attached hydrogen (secondary N) is 3. The van der Waals surface area contributed by atoms with E-state index in [1.54, 1.807) is 6.26 Å². The number of thioether (sulfide) groups is 1. The van der Waals surface area contributed by atoms with Crippen LogP contribution in [-0.4, -0.2) is 87.1 Å². The second-order valence-electron chi connectivity index (χ2n) is 8.07. The molecule has 3 amide bonds. The van der Waals surface area contributed by atoms with Crippen LogP contribution < -0.4 is 21.7 Å². The standard InChI is InChI=1S/C20H34N4O9S/c1-10(2)8-11(21)17(29)22-12(4-5-15(25)26)18(30)23-13(6-7-34-3)19(31)24-14(20(32)33)9-16(27)28/h10-14H,4-9,21H2,1-3H3,(H,22,29)(H,23,30)(H,24,31)(H,25,26)(H,27,28)(H,32,33). The fourth-order valence-electron chi connectivity index (χ4n) is 2.85. The summed E-state index contributed by atoms with van der Waals surface area (Å²) in [5.41, 5.74) is 5.83. The van der Waals surface area contributed by atoms with Gasteiger partial charge in [0.25, 0.3) is 0 Å². The summed E-state index contributed by atoms with van der Waals surface area (Å²) in [6.07, 6.45) is 0.569. The molecule has 0 bridgehead atoms. The summed E-state index contributed by atoms with van der Waals surface area (Å²) in [6.45, 7) is 3.71. The molecule has 13 nitrogen and oxygen atoms in total. The molecule has 0 radical (unpaired) electrons. The molecule has 8 N–H and O–H groups in total. The van der Waals surface area contributed by atoms with Crippen LogP contribution in [0.4, 0.5) is 0 Å². The summed E-state index contributed by atoms with van der Waals surface area (Å²) in [7, 11) is 0. The molecule has 0 rings (SSSR count). The minimum absolute atomic E-state index is 0.0740. The number of nitrogens with two attached hydrogens (primary N) is 1. The number of amides is 3. The number of rotatable bonds is 17. The Morgan fingerprint density at radius 1 is 0.794 bits per heavy atom. The van der Waals surface area contributed by atoms with E-state index in [-0.39, 0.29) is 18.8 Å². The highest BCUT2D eigenvalue weighted by atomic mass is 32.2. The number of hydrogen-bond donors (Lipinski definition) is 7. The lowest BCUT2D eigenvalue weighted by Crippen LogP contribution is -2.57. The third-order valence-corrected chi connectivity index (χ3v) is 5.22. The zero-order valence-corrected chi connectivity index (χ0v) is 20.2. The van der Waals surface area contributed by atoms with Crippen molar-refractivity contribution in [3.05, 3.63) is 0 Å². The van der Waals surface area contributed by atoms with Gasteiger partial charge in [-0.2, -0.15) is 11.8 Å². The van der Waals surface area contributed by atoms with Crippen LogP contribution in [0.25, 0.3) is 0 Å². The molecule has 0 saturated carbocycles. The molecular weight excluding hydrogens is 472 g/mol. The summed E-state index contributed by atoms with van der Waals surface area (Å²) in [5, 5.41) is 33.9. The van der Waals surface area contributed by atoms with Crippen molar-refractivity contribution in [2.24, 2.45) is 11.7 Å². The van der Waals surface area contributed by atoms with Crippen LogP contribution >= 0.6 is 11.8 Å². The minimum atomic E-state index is -1.71. The van der Waals surface area contributed by atoms with Crippen molar-refractivity contribution >= 4 is 47.4 Å². The molecule has 14 heteroatoms. The number of aliphatic carboxylic acids is 3. The summed E-state index contributed by atoms with van der Waals surface area (Å²) in [6, 6.07) is -5.19. The fourth-order valence-corrected chi connectivity index (χ4v) is 3.33. The third kappa shape index (κ3) is 13.0. The smallest absolute Gasteiger partial charge is 0.326 e. The average Bonchev–Trinajstić information content (AvgIpc) is 2.71. The third-order valence-electron chi connectivity index (χ3n) is 4.58. The lowest BCUT2D eigenvalue weighted by molar-refractivity contribution is -0.147. The summed E-state index contributed by atoms with van der Waals surface area (Å²) >= 11 is 1.35. The molecule has 0 aromatic carbocycles. The second-order valence-corrected chi connectivity index (χ2v) is 9.06. The number of carboxylic acid groups (broad SMARTS) is 3. The first kappa shape index (κ1) is 31.1. The molecule has 0 aromatic heterocycles. The van der Waals surface area contributed by atoms with Gasteiger partial charge in [-0.3, -0.25) is 24.0 Å². The van der Waals surface area contributed by atoms with Gasteiger partial charge in [-0.25, -0.2) is 4.79 Å². The quantitative estimate of drug-likeness (QED) is 0.126. The van der Waals surface area contributed by atoms with Gasteiger partial charge in [0.2, 0.25) is 17.7 Å². The van der Waals surface area contributed by atoms with Crippen LogP contribution in [-0.2, 0) is 28.8 Å². The van der Waals surface area contributed by atoms with E-state index in [4.69, 9.17) is 21.1 Å². The van der Waals surface area contributed by atoms with Crippen molar-refractivity contribution in [2.45, 2.75) is 70.1 Å². The molecule has 194 valence electrons. The van der Waals surface area contributed by atoms with Crippen LogP contribution in [0.1, 0.15) is 46.0 Å². The Bertz CT molecular complexity index is 748. The Kier molecular flexibility index (Phi) is 14.5. The van der Waals surface area contributed by atoms with Crippen LogP contribution in [0.5, 0.6) is 0 Å². The first-order chi connectivity index (χ1) is 15.8. The summed E-state index contributed by atoms with van der Waals surface area (Å²) in [4.78, 5) is 71.0. The first-order valence-electron chi connectivity index (χ1n) is 10.6. The van der Waals surface area contributed by atoms with Gasteiger partial charge in [0.15, 0.2) is 0 Å². The van der Waals surface area contributed by atoms with Crippen molar-refractivity contribution in [1.29, 1.82) is 0 Å². The van der Waals surface area contributed by atoms with Crippen LogP contribution in [0.15, 0.2) is 0 Å². The van der Waals surface area contributed by atoms with E-state index in [0.29, 0.717) is 12.2 Å². The molecular formula is C20H34N4O9S. The minimum Gasteiger partial charge on any atom is -0.481 e. The van der Waals surface area contributed by atoms with Gasteiger partial charge in [-0.05, 0) is 37.2 Å². The van der Waals surface area contributed by atoms with Gasteiger partial charge in [0.05, 0.1) is 12.5 Å². The van der Waals surface area contributed by atoms with Gasteiger partial charge < -0.3 is 37.0 Å². The predicted molar refractivity (Wildman–Crippen MR) is 123 cm³/mol. The van der Waals surface area contributed by atoms with Crippen LogP contribution in [0.2, 0.25) is 0 Å². The zero-order chi connectivity index (χ0) is 26.4. The number of carbonyl (C=O) groups excluding carboxylic acids is 3. The molecule has 4 unspecified atom stereocenters. The average molecular weight is 507 g/mol. The Labute approximate surface area is 201 Å². The molecule has 0 spiro atoms. The summed E-state index contributed by atoms with van der Waals surface area (Å²) in [5.74, 6) is -6.14. The highest BCUT2D eigenvalue weighted by Gasteiger charge is 2.31. The van der Waals surface area contributed by atoms with Gasteiger partial charge >= 0.3 is 17.9 Å². The Hall–Kier alpha value is -2.87. The molecule has 0 aliphatic rings. The highest BCUT2D eigenvalue weighted by molar-refractivity contribution is 7.98. The van der Waals surface area contributed by atoms with Crippen LogP contribution in [0, 0.1) is 5.92 Å². The van der Waals surface area contributed by atoms with E-state index < -0.39 is 72.6 Å². The number of carbonyl (C=O) groups is 6. The Morgan fingerprint density at radius 2 is 1.29 bits per heavy atom. The monoisotopic (exact) mass is 506 g/mol. The second kappa shape index (κ2) is 15.9. The van der Waals surface area contributed by atoms with E-state index >= 15 is 0 Å². The van der Waals surface area contributed by atoms with Crippen molar-refractivity contribution < 1.29 is 44.1 Å². The van der Waals surface area contributed by atoms with Gasteiger partial charge in [-0.15, -0.1) is 0 Å². The number of carboxylic acids is 3. The Morgan fingerprint density at radius 3 is 1.74 bits per heavy atom. The maximum atomic E-state index is 12.9. The molecule has 0 heterocycles. The molecule has 0 aliphatic heterocycles. The predicted octanol–water partition coefficient (Wildman–Crippen LogP) is -1.01. The van der Waals surface area contributed by atoms with Crippen molar-refractivity contribution in [3.63, 3.8) is 0 Å². The lowest BCUT2D eigenvalue weighted by atomic mass is 10.0. The molecule has 0 aromatic rings. The largest absolute Gasteiger partial charge is 0.481 e. The molecule has 0 saturated heterocycles. The highest BCUT2D eigenvalue weighted by Crippen LogP contribution is 2.07. The topological polar surface area (TPSA) is 225 Å². The summed E-state index contributed by atoms with van der Waals surface area (Å²) < 4.78 is 0. The maximum absolute atomic E-state index is 12.9. The first-order valence-corrected chi connectivity index (χ1v) is 12.0. The van der Waals surface area contributed by atoms with Gasteiger partial charge in [0, 0.05) is 6.42 Å². The normalized spacial score (nSPS) is 14.4. The van der Waals surface area contributed by atoms with Crippen LogP contribution in [0.3, 0.4) is 0 Å². The lowest BCUT2D eigenvalue weighted by Gasteiger charge is -2.25. The SMILES string of the molecule is CSCCC(NC(=O)C(CCC(=O)O)NC(=O)C(N)CC(C)C)C(=O)NC(CC(=O)O)C(=O)O. The molecule has 4 atom stereocenters. The van der Waals surface area contributed by atoms with E-state index in [1.165, 1.54) is 11.8 Å². The van der Waals surface area contributed by atoms with E-state index in [0.717, 1.165) is 0 Å². The zero-order valence-electron chi connectivity index (χ0n) is 19.4. The van der Waals surface area contributed by atoms with E-state index in [9.17, 15) is 28.8 Å². The van der Waals surface area contributed by atoms with Crippen molar-refractivity contribution in [1.82, 2.24) is 16.0 Å². The van der Waals surface area contributed by atoms with E-state index in [1.807, 2.05) is 13.8 Å². The van der Waals surface area contributed by atoms with Crippen molar-refractivity contribution in [2.75, 3.05) is 12.0 Å². The number of hydrogen-bond acceptors (Lipinski definition) is 8. The molecule has 0 fully saturated rings. The maximum Gasteiger partial charge on any atom is 0.326 e. The molecule has 34 heavy (non-hydrogen) atoms. The van der Waals surface area contributed by atoms with E-state index in [2.05, 4.69) is 16.0 Å². The fraction of sp³-hybridized carbons (Fsp3) is 0.700. The van der Waals surface area contributed by atoms with Gasteiger partial charge in [-0.1, -0.05) is 13.8 Å². The molecule has 0 aliphatic carbocycles.